The lowest BCUT2D eigenvalue weighted by Crippen LogP contribution is -2.44. The van der Waals surface area contributed by atoms with Crippen LogP contribution in [0.15, 0.2) is 48.5 Å². The van der Waals surface area contributed by atoms with Crippen molar-refractivity contribution in [3.05, 3.63) is 64.9 Å². The maximum Gasteiger partial charge on any atom is 0.411 e. The fourth-order valence-electron chi connectivity index (χ4n) is 2.83. The van der Waals surface area contributed by atoms with Crippen LogP contribution in [0.1, 0.15) is 23.2 Å². The molecule has 2 aromatic carbocycles. The predicted molar refractivity (Wildman–Crippen MR) is 96.9 cm³/mol. The summed E-state index contributed by atoms with van der Waals surface area (Å²) in [5, 5.41) is 3.21. The third kappa shape index (κ3) is 4.73. The molecular formula is C19H18ClFN2O3. The molecule has 3 rings (SSSR count). The van der Waals surface area contributed by atoms with E-state index in [4.69, 9.17) is 16.3 Å². The van der Waals surface area contributed by atoms with E-state index in [2.05, 4.69) is 5.32 Å². The van der Waals surface area contributed by atoms with Gasteiger partial charge in [0.1, 0.15) is 11.9 Å². The van der Waals surface area contributed by atoms with Gasteiger partial charge in [0.25, 0.3) is 5.91 Å². The minimum atomic E-state index is -0.576. The summed E-state index contributed by atoms with van der Waals surface area (Å²) < 4.78 is 18.4. The first-order valence-corrected chi connectivity index (χ1v) is 8.67. The van der Waals surface area contributed by atoms with Crippen LogP contribution in [0.2, 0.25) is 5.02 Å². The first-order chi connectivity index (χ1) is 12.5. The van der Waals surface area contributed by atoms with Crippen LogP contribution in [0.5, 0.6) is 0 Å². The number of nitrogens with one attached hydrogen (secondary N) is 1. The maximum absolute atomic E-state index is 13.0. The molecule has 1 saturated heterocycles. The lowest BCUT2D eigenvalue weighted by molar-refractivity contribution is 0.0387. The summed E-state index contributed by atoms with van der Waals surface area (Å²) in [5.74, 6) is -0.586. The number of piperidine rings is 1. The van der Waals surface area contributed by atoms with Crippen molar-refractivity contribution in [3.63, 3.8) is 0 Å². The summed E-state index contributed by atoms with van der Waals surface area (Å²) in [4.78, 5) is 26.2. The normalized spacial score (nSPS) is 16.8. The number of hydrogen-bond donors (Lipinski definition) is 1. The Hall–Kier alpha value is -2.60. The van der Waals surface area contributed by atoms with Gasteiger partial charge in [0, 0.05) is 22.8 Å². The Labute approximate surface area is 155 Å². The zero-order valence-corrected chi connectivity index (χ0v) is 14.7. The number of anilines is 1. The Morgan fingerprint density at radius 2 is 1.81 bits per heavy atom. The largest absolute Gasteiger partial charge is 0.444 e. The predicted octanol–water partition coefficient (Wildman–Crippen LogP) is 4.33. The molecule has 2 amide bonds. The molecule has 0 aliphatic carbocycles. The molecule has 2 aromatic rings. The van der Waals surface area contributed by atoms with Gasteiger partial charge in [0.15, 0.2) is 0 Å². The second kappa shape index (κ2) is 8.19. The van der Waals surface area contributed by atoms with Crippen molar-refractivity contribution in [1.82, 2.24) is 4.90 Å². The Morgan fingerprint density at radius 3 is 2.50 bits per heavy atom. The van der Waals surface area contributed by atoms with Gasteiger partial charge in [-0.1, -0.05) is 11.6 Å². The third-order valence-electron chi connectivity index (χ3n) is 4.12. The number of likely N-dealkylation sites (tertiary alicyclic amines) is 1. The van der Waals surface area contributed by atoms with Crippen molar-refractivity contribution < 1.29 is 18.7 Å². The molecule has 0 bridgehead atoms. The van der Waals surface area contributed by atoms with Crippen molar-refractivity contribution >= 4 is 29.3 Å². The van der Waals surface area contributed by atoms with E-state index in [0.717, 1.165) is 6.42 Å². The Kier molecular flexibility index (Phi) is 5.73. The van der Waals surface area contributed by atoms with Crippen molar-refractivity contribution in [2.75, 3.05) is 18.4 Å². The van der Waals surface area contributed by atoms with Crippen LogP contribution in [0.25, 0.3) is 0 Å². The summed E-state index contributed by atoms with van der Waals surface area (Å²) in [6.45, 7) is 0.888. The molecule has 1 heterocycles. The van der Waals surface area contributed by atoms with Gasteiger partial charge in [-0.3, -0.25) is 10.1 Å². The molecule has 1 atom stereocenters. The average Bonchev–Trinajstić information content (AvgIpc) is 2.64. The second-order valence-corrected chi connectivity index (χ2v) is 6.50. The molecule has 7 heteroatoms. The van der Waals surface area contributed by atoms with Crippen LogP contribution in [0.4, 0.5) is 14.9 Å². The van der Waals surface area contributed by atoms with Crippen LogP contribution >= 0.6 is 11.6 Å². The van der Waals surface area contributed by atoms with Crippen molar-refractivity contribution in [3.8, 4) is 0 Å². The minimum absolute atomic E-state index is 0.198. The fraction of sp³-hybridized carbons (Fsp3) is 0.263. The average molecular weight is 377 g/mol. The van der Waals surface area contributed by atoms with Crippen LogP contribution in [-0.2, 0) is 4.74 Å². The molecule has 1 aliphatic heterocycles. The molecule has 0 unspecified atom stereocenters. The molecule has 0 spiro atoms. The molecule has 5 nitrogen and oxygen atoms in total. The Morgan fingerprint density at radius 1 is 1.12 bits per heavy atom. The van der Waals surface area contributed by atoms with E-state index in [9.17, 15) is 14.0 Å². The van der Waals surface area contributed by atoms with Gasteiger partial charge in [0.05, 0.1) is 6.54 Å². The zero-order valence-electron chi connectivity index (χ0n) is 14.0. The molecule has 1 aliphatic rings. The Bertz CT molecular complexity index is 780. The maximum atomic E-state index is 13.0. The first kappa shape index (κ1) is 18.2. The number of nitrogens with zero attached hydrogens (tertiary/aromatic N) is 1. The molecule has 0 aromatic heterocycles. The van der Waals surface area contributed by atoms with Gasteiger partial charge in [0.2, 0.25) is 0 Å². The summed E-state index contributed by atoms with van der Waals surface area (Å²) in [5.41, 5.74) is 0.993. The molecule has 1 fully saturated rings. The fourth-order valence-corrected chi connectivity index (χ4v) is 2.95. The van der Waals surface area contributed by atoms with Gasteiger partial charge in [-0.25, -0.2) is 9.18 Å². The zero-order chi connectivity index (χ0) is 18.5. The summed E-state index contributed by atoms with van der Waals surface area (Å²) in [6.07, 6.45) is 0.446. The lowest BCUT2D eigenvalue weighted by Gasteiger charge is -2.32. The highest BCUT2D eigenvalue weighted by molar-refractivity contribution is 6.30. The molecule has 1 N–H and O–H groups in total. The molecular weight excluding hydrogens is 359 g/mol. The van der Waals surface area contributed by atoms with Crippen molar-refractivity contribution in [2.24, 2.45) is 0 Å². The minimum Gasteiger partial charge on any atom is -0.444 e. The van der Waals surface area contributed by atoms with E-state index in [1.807, 2.05) is 0 Å². The molecule has 136 valence electrons. The quantitative estimate of drug-likeness (QED) is 0.867. The number of hydrogen-bond acceptors (Lipinski definition) is 3. The van der Waals surface area contributed by atoms with Crippen LogP contribution in [0.3, 0.4) is 0 Å². The summed E-state index contributed by atoms with van der Waals surface area (Å²) in [6, 6.07) is 12.1. The second-order valence-electron chi connectivity index (χ2n) is 6.06. The first-order valence-electron chi connectivity index (χ1n) is 8.29. The summed E-state index contributed by atoms with van der Waals surface area (Å²) >= 11 is 5.81. The van der Waals surface area contributed by atoms with E-state index in [0.29, 0.717) is 35.8 Å². The monoisotopic (exact) mass is 376 g/mol. The highest BCUT2D eigenvalue weighted by atomic mass is 35.5. The molecule has 26 heavy (non-hydrogen) atoms. The van der Waals surface area contributed by atoms with E-state index in [1.54, 1.807) is 29.2 Å². The number of amides is 2. The van der Waals surface area contributed by atoms with Gasteiger partial charge in [-0.15, -0.1) is 0 Å². The number of ether oxygens (including phenoxy) is 1. The van der Waals surface area contributed by atoms with Gasteiger partial charge in [-0.2, -0.15) is 0 Å². The number of carbonyl (C=O) groups is 2. The number of benzene rings is 2. The van der Waals surface area contributed by atoms with E-state index in [1.165, 1.54) is 24.3 Å². The SMILES string of the molecule is O=C(Nc1ccc(Cl)cc1)O[C@H]1CCCN(C(=O)c2ccc(F)cc2)C1. The topological polar surface area (TPSA) is 58.6 Å². The lowest BCUT2D eigenvalue weighted by atomic mass is 10.1. The van der Waals surface area contributed by atoms with Gasteiger partial charge >= 0.3 is 6.09 Å². The summed E-state index contributed by atoms with van der Waals surface area (Å²) in [7, 11) is 0. The van der Waals surface area contributed by atoms with Crippen LogP contribution < -0.4 is 5.32 Å². The van der Waals surface area contributed by atoms with Gasteiger partial charge < -0.3 is 9.64 Å². The van der Waals surface area contributed by atoms with Crippen molar-refractivity contribution in [2.45, 2.75) is 18.9 Å². The van der Waals surface area contributed by atoms with Crippen LogP contribution in [0, 0.1) is 5.82 Å². The van der Waals surface area contributed by atoms with Gasteiger partial charge in [-0.05, 0) is 61.4 Å². The van der Waals surface area contributed by atoms with E-state index >= 15 is 0 Å². The molecule has 0 saturated carbocycles. The number of carbonyl (C=O) groups excluding carboxylic acids is 2. The standard InChI is InChI=1S/C19H18ClFN2O3/c20-14-5-9-16(10-6-14)22-19(25)26-17-2-1-11-23(12-17)18(24)13-3-7-15(21)8-4-13/h3-10,17H,1-2,11-12H2,(H,22,25)/t17-/m0/s1. The highest BCUT2D eigenvalue weighted by Gasteiger charge is 2.27. The smallest absolute Gasteiger partial charge is 0.411 e. The van der Waals surface area contributed by atoms with E-state index < -0.39 is 6.09 Å². The molecule has 0 radical (unpaired) electrons. The van der Waals surface area contributed by atoms with E-state index in [-0.39, 0.29) is 17.8 Å². The highest BCUT2D eigenvalue weighted by Crippen LogP contribution is 2.18. The third-order valence-corrected chi connectivity index (χ3v) is 4.37. The van der Waals surface area contributed by atoms with Crippen LogP contribution in [-0.4, -0.2) is 36.1 Å². The number of halogens is 2. The Balaban J connectivity index is 1.56. The van der Waals surface area contributed by atoms with Crippen molar-refractivity contribution in [1.29, 1.82) is 0 Å². The number of rotatable bonds is 3.